The van der Waals surface area contributed by atoms with Crippen LogP contribution in [0, 0.1) is 6.92 Å². The Labute approximate surface area is 113 Å². The van der Waals surface area contributed by atoms with Gasteiger partial charge in [0.2, 0.25) is 0 Å². The van der Waals surface area contributed by atoms with Gasteiger partial charge in [-0.3, -0.25) is 0 Å². The first-order chi connectivity index (χ1) is 8.78. The average Bonchev–Trinajstić information content (AvgIpc) is 2.27. The molecule has 2 atom stereocenters. The number of alkyl halides is 3. The lowest BCUT2D eigenvalue weighted by molar-refractivity contribution is -0.135. The zero-order valence-corrected chi connectivity index (χ0v) is 11.7. The quantitative estimate of drug-likeness (QED) is 0.787. The van der Waals surface area contributed by atoms with E-state index in [1.165, 1.54) is 11.1 Å². The molecule has 1 unspecified atom stereocenters. The minimum Gasteiger partial charge on any atom is -0.308 e. The minimum atomic E-state index is -4.04. The third-order valence-corrected chi connectivity index (χ3v) is 3.17. The van der Waals surface area contributed by atoms with Gasteiger partial charge in [-0.2, -0.15) is 13.2 Å². The Bertz CT molecular complexity index is 387. The smallest absolute Gasteiger partial charge is 0.308 e. The summed E-state index contributed by atoms with van der Waals surface area (Å²) in [7, 11) is 0. The molecule has 4 heteroatoms. The maximum absolute atomic E-state index is 12.1. The van der Waals surface area contributed by atoms with Crippen LogP contribution in [0.4, 0.5) is 13.2 Å². The normalized spacial score (nSPS) is 15.3. The number of hydrogen-bond donors (Lipinski definition) is 1. The molecule has 0 saturated carbocycles. The molecule has 1 aromatic carbocycles. The number of aryl methyl sites for hydroxylation is 1. The van der Waals surface area contributed by atoms with Crippen molar-refractivity contribution >= 4 is 0 Å². The van der Waals surface area contributed by atoms with Crippen molar-refractivity contribution in [3.8, 4) is 0 Å². The molecule has 1 rings (SSSR count). The van der Waals surface area contributed by atoms with Crippen molar-refractivity contribution in [1.82, 2.24) is 5.32 Å². The van der Waals surface area contributed by atoms with Gasteiger partial charge in [0, 0.05) is 18.5 Å². The molecule has 0 aliphatic heterocycles. The highest BCUT2D eigenvalue weighted by Gasteiger charge is 2.26. The molecule has 1 N–H and O–H groups in total. The van der Waals surface area contributed by atoms with Crippen molar-refractivity contribution in [1.29, 1.82) is 0 Å². The molecular weight excluding hydrogens is 251 g/mol. The van der Waals surface area contributed by atoms with E-state index in [-0.39, 0.29) is 18.5 Å². The molecule has 0 heterocycles. The molecule has 0 bridgehead atoms. The number of rotatable bonds is 6. The summed E-state index contributed by atoms with van der Waals surface area (Å²) >= 11 is 0. The highest BCUT2D eigenvalue weighted by atomic mass is 19.4. The second-order valence-corrected chi connectivity index (χ2v) is 5.21. The fourth-order valence-corrected chi connectivity index (χ4v) is 2.15. The van der Waals surface area contributed by atoms with Crippen LogP contribution in [-0.4, -0.2) is 12.2 Å². The topological polar surface area (TPSA) is 12.0 Å². The zero-order chi connectivity index (χ0) is 14.5. The van der Waals surface area contributed by atoms with Gasteiger partial charge in [0.15, 0.2) is 0 Å². The lowest BCUT2D eigenvalue weighted by atomic mass is 10.0. The largest absolute Gasteiger partial charge is 0.389 e. The second-order valence-electron chi connectivity index (χ2n) is 5.21. The van der Waals surface area contributed by atoms with Gasteiger partial charge in [0.25, 0.3) is 0 Å². The maximum atomic E-state index is 12.1. The Morgan fingerprint density at radius 1 is 1.21 bits per heavy atom. The van der Waals surface area contributed by atoms with Crippen LogP contribution in [0.25, 0.3) is 0 Å². The van der Waals surface area contributed by atoms with E-state index < -0.39 is 12.6 Å². The van der Waals surface area contributed by atoms with Crippen molar-refractivity contribution in [2.24, 2.45) is 0 Å². The Balaban J connectivity index is 2.38. The lowest BCUT2D eigenvalue weighted by Gasteiger charge is -2.21. The molecule has 1 aromatic rings. The van der Waals surface area contributed by atoms with Gasteiger partial charge in [-0.25, -0.2) is 0 Å². The Morgan fingerprint density at radius 3 is 2.47 bits per heavy atom. The van der Waals surface area contributed by atoms with Crippen molar-refractivity contribution in [2.45, 2.75) is 58.3 Å². The molecule has 0 radical (unpaired) electrons. The van der Waals surface area contributed by atoms with Gasteiger partial charge >= 0.3 is 6.18 Å². The van der Waals surface area contributed by atoms with Gasteiger partial charge < -0.3 is 5.32 Å². The Morgan fingerprint density at radius 2 is 1.89 bits per heavy atom. The number of nitrogens with one attached hydrogen (secondary N) is 1. The van der Waals surface area contributed by atoms with E-state index in [0.717, 1.165) is 0 Å². The predicted molar refractivity (Wildman–Crippen MR) is 72.1 cm³/mol. The molecule has 19 heavy (non-hydrogen) atoms. The summed E-state index contributed by atoms with van der Waals surface area (Å²) in [5.41, 5.74) is 2.36. The van der Waals surface area contributed by atoms with Crippen LogP contribution in [0.1, 0.15) is 50.3 Å². The number of halogens is 3. The standard InChI is InChI=1S/C15H22F3N/c1-11-6-4-8-14(10-11)13(3)19-12(2)7-5-9-15(16,17)18/h4,6,8,10,12-13,19H,5,7,9H2,1-3H3/t12?,13-/m0/s1. The molecule has 0 amide bonds. The molecule has 0 fully saturated rings. The first kappa shape index (κ1) is 16.0. The highest BCUT2D eigenvalue weighted by Crippen LogP contribution is 2.23. The van der Waals surface area contributed by atoms with E-state index in [0.29, 0.717) is 6.42 Å². The third kappa shape index (κ3) is 6.62. The molecule has 0 aromatic heterocycles. The zero-order valence-electron chi connectivity index (χ0n) is 11.7. The predicted octanol–water partition coefficient (Wildman–Crippen LogP) is 4.77. The fraction of sp³-hybridized carbons (Fsp3) is 0.600. The maximum Gasteiger partial charge on any atom is 0.389 e. The summed E-state index contributed by atoms with van der Waals surface area (Å²) in [6.45, 7) is 6.00. The first-order valence-electron chi connectivity index (χ1n) is 6.67. The third-order valence-electron chi connectivity index (χ3n) is 3.17. The van der Waals surface area contributed by atoms with Gasteiger partial charge in [-0.1, -0.05) is 29.8 Å². The fourth-order valence-electron chi connectivity index (χ4n) is 2.15. The van der Waals surface area contributed by atoms with Gasteiger partial charge in [0.05, 0.1) is 0 Å². The minimum absolute atomic E-state index is 0.0814. The van der Waals surface area contributed by atoms with Gasteiger partial charge in [0.1, 0.15) is 0 Å². The highest BCUT2D eigenvalue weighted by molar-refractivity contribution is 5.24. The number of benzene rings is 1. The van der Waals surface area contributed by atoms with Crippen LogP contribution in [0.5, 0.6) is 0 Å². The summed E-state index contributed by atoms with van der Waals surface area (Å²) in [6.07, 6.45) is -4.02. The lowest BCUT2D eigenvalue weighted by Crippen LogP contribution is -2.29. The van der Waals surface area contributed by atoms with Crippen LogP contribution >= 0.6 is 0 Å². The SMILES string of the molecule is Cc1cccc([C@H](C)NC(C)CCCC(F)(F)F)c1. The van der Waals surface area contributed by atoms with Crippen molar-refractivity contribution in [2.75, 3.05) is 0 Å². The molecular formula is C15H22F3N. The molecule has 0 aliphatic rings. The summed E-state index contributed by atoms with van der Waals surface area (Å²) in [5.74, 6) is 0. The van der Waals surface area contributed by atoms with Crippen molar-refractivity contribution < 1.29 is 13.2 Å². The van der Waals surface area contributed by atoms with E-state index in [1.54, 1.807) is 0 Å². The van der Waals surface area contributed by atoms with Crippen molar-refractivity contribution in [3.63, 3.8) is 0 Å². The van der Waals surface area contributed by atoms with Gasteiger partial charge in [-0.15, -0.1) is 0 Å². The van der Waals surface area contributed by atoms with E-state index in [2.05, 4.69) is 11.4 Å². The number of hydrogen-bond acceptors (Lipinski definition) is 1. The molecule has 1 nitrogen and oxygen atoms in total. The van der Waals surface area contributed by atoms with Crippen LogP contribution in [0.3, 0.4) is 0 Å². The Hall–Kier alpha value is -1.03. The van der Waals surface area contributed by atoms with Crippen LogP contribution in [0.2, 0.25) is 0 Å². The van der Waals surface area contributed by atoms with Crippen LogP contribution < -0.4 is 5.32 Å². The average molecular weight is 273 g/mol. The first-order valence-corrected chi connectivity index (χ1v) is 6.67. The van der Waals surface area contributed by atoms with E-state index in [1.807, 2.05) is 39.0 Å². The summed E-state index contributed by atoms with van der Waals surface area (Å²) in [6, 6.07) is 8.39. The Kier molecular flexibility index (Phi) is 5.85. The molecule has 0 aliphatic carbocycles. The molecule has 0 saturated heterocycles. The van der Waals surface area contributed by atoms with Crippen molar-refractivity contribution in [3.05, 3.63) is 35.4 Å². The molecule has 108 valence electrons. The van der Waals surface area contributed by atoms with E-state index >= 15 is 0 Å². The summed E-state index contributed by atoms with van der Waals surface area (Å²) in [5, 5.41) is 3.34. The van der Waals surface area contributed by atoms with Gasteiger partial charge in [-0.05, 0) is 39.2 Å². The van der Waals surface area contributed by atoms with E-state index in [9.17, 15) is 13.2 Å². The summed E-state index contributed by atoms with van der Waals surface area (Å²) in [4.78, 5) is 0. The summed E-state index contributed by atoms with van der Waals surface area (Å²) < 4.78 is 36.2. The van der Waals surface area contributed by atoms with Crippen LogP contribution in [-0.2, 0) is 0 Å². The van der Waals surface area contributed by atoms with E-state index in [4.69, 9.17) is 0 Å². The molecule has 0 spiro atoms. The van der Waals surface area contributed by atoms with Crippen LogP contribution in [0.15, 0.2) is 24.3 Å². The second kappa shape index (κ2) is 6.94. The monoisotopic (exact) mass is 273 g/mol.